The van der Waals surface area contributed by atoms with Crippen LogP contribution in [0.25, 0.3) is 0 Å². The smallest absolute Gasteiger partial charge is 0.185 e. The van der Waals surface area contributed by atoms with Crippen molar-refractivity contribution >= 4 is 23.2 Å². The molecule has 3 atom stereocenters. The molecule has 2 aromatic rings. The number of amidine groups is 1. The Kier molecular flexibility index (Phi) is 4.90. The second-order valence-corrected chi connectivity index (χ2v) is 8.40. The van der Waals surface area contributed by atoms with Gasteiger partial charge in [-0.15, -0.1) is 0 Å². The Morgan fingerprint density at radius 2 is 2.03 bits per heavy atom. The number of halogens is 4. The predicted octanol–water partition coefficient (Wildman–Crippen LogP) is 3.72. The fourth-order valence-electron chi connectivity index (χ4n) is 4.07. The van der Waals surface area contributed by atoms with E-state index in [1.807, 2.05) is 0 Å². The standard InChI is InChI=1S/C21H19ClF3N3O2/c1-19(24)9-20(25)10-30-11-21(20,28-18(19)26)14-6-12(2-4-15(14)23)7-17(29)16-5-3-13(22)8-27-16/h2-6,8H,7,9-11H2,1H3,(H2,26,28)/t19-,20+,21-/m1/s1. The van der Waals surface area contributed by atoms with Gasteiger partial charge in [-0.25, -0.2) is 13.2 Å². The van der Waals surface area contributed by atoms with E-state index < -0.39 is 41.6 Å². The number of pyridine rings is 1. The Labute approximate surface area is 176 Å². The Morgan fingerprint density at radius 3 is 2.73 bits per heavy atom. The van der Waals surface area contributed by atoms with Crippen molar-refractivity contribution in [3.05, 3.63) is 64.2 Å². The van der Waals surface area contributed by atoms with Crippen molar-refractivity contribution in [2.75, 3.05) is 13.2 Å². The lowest BCUT2D eigenvalue weighted by Crippen LogP contribution is -2.58. The number of ketones is 1. The lowest BCUT2D eigenvalue weighted by Gasteiger charge is -2.43. The van der Waals surface area contributed by atoms with Crippen LogP contribution in [-0.2, 0) is 16.7 Å². The van der Waals surface area contributed by atoms with E-state index in [0.29, 0.717) is 10.6 Å². The number of Topliss-reactive ketones (excluding diaryl/α,β-unsaturated/α-hetero) is 1. The highest BCUT2D eigenvalue weighted by molar-refractivity contribution is 6.30. The fourth-order valence-corrected chi connectivity index (χ4v) is 4.19. The van der Waals surface area contributed by atoms with Crippen molar-refractivity contribution in [2.24, 2.45) is 10.7 Å². The number of benzene rings is 1. The summed E-state index contributed by atoms with van der Waals surface area (Å²) < 4.78 is 50.7. The summed E-state index contributed by atoms with van der Waals surface area (Å²) in [6, 6.07) is 6.95. The van der Waals surface area contributed by atoms with Crippen molar-refractivity contribution in [1.29, 1.82) is 0 Å². The van der Waals surface area contributed by atoms with Gasteiger partial charge >= 0.3 is 0 Å². The Balaban J connectivity index is 1.74. The second kappa shape index (κ2) is 7.06. The van der Waals surface area contributed by atoms with Crippen LogP contribution in [0.15, 0.2) is 41.5 Å². The third kappa shape index (κ3) is 3.28. The molecule has 0 aliphatic carbocycles. The van der Waals surface area contributed by atoms with Crippen LogP contribution in [0.3, 0.4) is 0 Å². The van der Waals surface area contributed by atoms with Crippen molar-refractivity contribution in [3.8, 4) is 0 Å². The summed E-state index contributed by atoms with van der Waals surface area (Å²) in [6.45, 7) is 0.424. The first-order valence-corrected chi connectivity index (χ1v) is 9.69. The Bertz CT molecular complexity index is 1040. The van der Waals surface area contributed by atoms with E-state index in [0.717, 1.165) is 13.0 Å². The molecule has 0 saturated carbocycles. The zero-order chi connectivity index (χ0) is 21.7. The molecule has 5 nitrogen and oxygen atoms in total. The van der Waals surface area contributed by atoms with E-state index in [-0.39, 0.29) is 30.1 Å². The largest absolute Gasteiger partial charge is 0.385 e. The van der Waals surface area contributed by atoms with Gasteiger partial charge in [0.1, 0.15) is 22.9 Å². The molecule has 1 saturated heterocycles. The van der Waals surface area contributed by atoms with Crippen LogP contribution >= 0.6 is 11.6 Å². The third-order valence-electron chi connectivity index (χ3n) is 5.69. The number of hydrogen-bond donors (Lipinski definition) is 1. The number of fused-ring (bicyclic) bond motifs is 1. The molecular formula is C21H19ClF3N3O2. The molecule has 0 unspecified atom stereocenters. The molecule has 1 aromatic heterocycles. The number of aromatic nitrogens is 1. The highest BCUT2D eigenvalue weighted by Crippen LogP contribution is 2.53. The van der Waals surface area contributed by atoms with Gasteiger partial charge in [0.15, 0.2) is 17.1 Å². The van der Waals surface area contributed by atoms with Crippen LogP contribution in [-0.4, -0.2) is 41.2 Å². The number of carbonyl (C=O) groups excluding carboxylic acids is 1. The summed E-state index contributed by atoms with van der Waals surface area (Å²) in [5.74, 6) is -1.46. The van der Waals surface area contributed by atoms with Gasteiger partial charge in [0.05, 0.1) is 18.2 Å². The quantitative estimate of drug-likeness (QED) is 0.739. The number of carbonyl (C=O) groups is 1. The first-order chi connectivity index (χ1) is 14.1. The zero-order valence-electron chi connectivity index (χ0n) is 16.1. The average Bonchev–Trinajstić information content (AvgIpc) is 2.99. The maximum atomic E-state index is 15.9. The van der Waals surface area contributed by atoms with Crippen molar-refractivity contribution in [2.45, 2.75) is 36.6 Å². The van der Waals surface area contributed by atoms with Gasteiger partial charge in [-0.05, 0) is 36.8 Å². The van der Waals surface area contributed by atoms with Gasteiger partial charge in [-0.2, -0.15) is 0 Å². The molecule has 9 heteroatoms. The molecule has 2 N–H and O–H groups in total. The lowest BCUT2D eigenvalue weighted by atomic mass is 9.70. The van der Waals surface area contributed by atoms with Crippen molar-refractivity contribution in [3.63, 3.8) is 0 Å². The van der Waals surface area contributed by atoms with Gasteiger partial charge < -0.3 is 10.5 Å². The van der Waals surface area contributed by atoms with Crippen LogP contribution in [0, 0.1) is 5.82 Å². The number of aliphatic imine (C=N–C) groups is 1. The van der Waals surface area contributed by atoms with E-state index in [4.69, 9.17) is 22.1 Å². The summed E-state index contributed by atoms with van der Waals surface area (Å²) in [7, 11) is 0. The number of hydrogen-bond acceptors (Lipinski definition) is 5. The van der Waals surface area contributed by atoms with Gasteiger partial charge in [0.2, 0.25) is 0 Å². The first kappa shape index (κ1) is 20.8. The molecule has 1 aromatic carbocycles. The van der Waals surface area contributed by atoms with Crippen LogP contribution in [0.2, 0.25) is 5.02 Å². The Morgan fingerprint density at radius 1 is 1.27 bits per heavy atom. The van der Waals surface area contributed by atoms with Gasteiger partial charge in [-0.1, -0.05) is 17.7 Å². The minimum absolute atomic E-state index is 0.0990. The molecule has 4 rings (SSSR count). The number of nitrogens with two attached hydrogens (primary N) is 1. The zero-order valence-corrected chi connectivity index (χ0v) is 16.8. The van der Waals surface area contributed by atoms with E-state index in [9.17, 15) is 13.6 Å². The molecule has 0 radical (unpaired) electrons. The second-order valence-electron chi connectivity index (χ2n) is 7.97. The average molecular weight is 438 g/mol. The van der Waals surface area contributed by atoms with E-state index >= 15 is 4.39 Å². The molecule has 0 amide bonds. The predicted molar refractivity (Wildman–Crippen MR) is 106 cm³/mol. The van der Waals surface area contributed by atoms with Crippen molar-refractivity contribution < 1.29 is 22.7 Å². The number of ether oxygens (including phenoxy) is 1. The van der Waals surface area contributed by atoms with E-state index in [2.05, 4.69) is 9.98 Å². The highest BCUT2D eigenvalue weighted by atomic mass is 35.5. The van der Waals surface area contributed by atoms with Gasteiger partial charge in [-0.3, -0.25) is 14.8 Å². The molecule has 0 spiro atoms. The minimum atomic E-state index is -2.28. The maximum absolute atomic E-state index is 15.9. The van der Waals surface area contributed by atoms with Gasteiger partial charge in [0, 0.05) is 24.6 Å². The van der Waals surface area contributed by atoms with E-state index in [1.165, 1.54) is 30.5 Å². The first-order valence-electron chi connectivity index (χ1n) is 9.31. The summed E-state index contributed by atoms with van der Waals surface area (Å²) in [5, 5.41) is 0.392. The molecule has 0 bridgehead atoms. The molecule has 1 fully saturated rings. The monoisotopic (exact) mass is 437 g/mol. The molecule has 30 heavy (non-hydrogen) atoms. The normalized spacial score (nSPS) is 30.6. The van der Waals surface area contributed by atoms with Crippen LogP contribution in [0.5, 0.6) is 0 Å². The number of rotatable bonds is 4. The molecule has 158 valence electrons. The molecule has 3 heterocycles. The van der Waals surface area contributed by atoms with Gasteiger partial charge in [0.25, 0.3) is 0 Å². The topological polar surface area (TPSA) is 77.6 Å². The molecule has 2 aliphatic heterocycles. The molecule has 2 aliphatic rings. The fraction of sp³-hybridized carbons (Fsp3) is 0.381. The lowest BCUT2D eigenvalue weighted by molar-refractivity contribution is 0.0234. The number of nitrogens with zero attached hydrogens (tertiary/aromatic N) is 2. The third-order valence-corrected chi connectivity index (χ3v) is 5.92. The maximum Gasteiger partial charge on any atom is 0.185 e. The summed E-state index contributed by atoms with van der Waals surface area (Å²) >= 11 is 5.78. The SMILES string of the molecule is C[C@@]1(F)C[C@]2(F)COC[C@]2(c2cc(CC(=O)c3ccc(Cl)cn3)ccc2F)N=C1N. The molecular weight excluding hydrogens is 419 g/mol. The number of alkyl halides is 2. The van der Waals surface area contributed by atoms with Crippen LogP contribution in [0.1, 0.15) is 35.0 Å². The van der Waals surface area contributed by atoms with Crippen molar-refractivity contribution in [1.82, 2.24) is 4.98 Å². The summed E-state index contributed by atoms with van der Waals surface area (Å²) in [5.41, 5.74) is 0.0107. The van der Waals surface area contributed by atoms with Crippen LogP contribution < -0.4 is 5.73 Å². The Hall–Kier alpha value is -2.45. The summed E-state index contributed by atoms with van der Waals surface area (Å²) in [4.78, 5) is 20.6. The summed E-state index contributed by atoms with van der Waals surface area (Å²) in [6.07, 6.45) is 0.648. The minimum Gasteiger partial charge on any atom is -0.385 e. The van der Waals surface area contributed by atoms with E-state index in [1.54, 1.807) is 0 Å². The highest BCUT2D eigenvalue weighted by Gasteiger charge is 2.65. The van der Waals surface area contributed by atoms with Crippen LogP contribution in [0.4, 0.5) is 13.2 Å².